The lowest BCUT2D eigenvalue weighted by atomic mass is 9.95. The first-order valence-electron chi connectivity index (χ1n) is 4.19. The van der Waals surface area contributed by atoms with E-state index < -0.39 is 0 Å². The molecule has 1 aliphatic rings. The van der Waals surface area contributed by atoms with Crippen LogP contribution >= 0.6 is 11.6 Å². The van der Waals surface area contributed by atoms with E-state index in [4.69, 9.17) is 11.6 Å². The Morgan fingerprint density at radius 1 is 1.70 bits per heavy atom. The van der Waals surface area contributed by atoms with Gasteiger partial charge in [-0.2, -0.15) is 0 Å². The van der Waals surface area contributed by atoms with Gasteiger partial charge in [-0.25, -0.2) is 0 Å². The molecule has 0 aliphatic carbocycles. The molecule has 2 unspecified atom stereocenters. The molecule has 1 rings (SSSR count). The van der Waals surface area contributed by atoms with Crippen LogP contribution in [0.5, 0.6) is 0 Å². The van der Waals surface area contributed by atoms with E-state index >= 15 is 0 Å². The summed E-state index contributed by atoms with van der Waals surface area (Å²) in [6, 6.07) is 0. The normalized spacial score (nSPS) is 30.0. The molecule has 2 heteroatoms. The summed E-state index contributed by atoms with van der Waals surface area (Å²) < 4.78 is 0. The summed E-state index contributed by atoms with van der Waals surface area (Å²) >= 11 is 6.10. The second-order valence-corrected chi connectivity index (χ2v) is 3.59. The lowest BCUT2D eigenvalue weighted by Crippen LogP contribution is -2.34. The van der Waals surface area contributed by atoms with Gasteiger partial charge in [0.25, 0.3) is 0 Å². The highest BCUT2D eigenvalue weighted by atomic mass is 35.5. The van der Waals surface area contributed by atoms with Crippen molar-refractivity contribution < 1.29 is 0 Å². The van der Waals surface area contributed by atoms with Gasteiger partial charge in [0.2, 0.25) is 0 Å². The number of rotatable bonds is 2. The van der Waals surface area contributed by atoms with Crippen LogP contribution in [-0.4, -0.2) is 18.5 Å². The predicted octanol–water partition coefficient (Wildman–Crippen LogP) is 2.00. The number of halogens is 1. The number of alkyl halides is 1. The Kier molecular flexibility index (Phi) is 3.50. The van der Waals surface area contributed by atoms with Crippen LogP contribution in [0.2, 0.25) is 0 Å². The lowest BCUT2D eigenvalue weighted by Gasteiger charge is -2.25. The van der Waals surface area contributed by atoms with Gasteiger partial charge < -0.3 is 5.32 Å². The SMILES string of the molecule is CCC(Cl)C1CCCNC1. The Bertz CT molecular complexity index is 89.3. The molecular weight excluding hydrogens is 146 g/mol. The topological polar surface area (TPSA) is 12.0 Å². The van der Waals surface area contributed by atoms with Gasteiger partial charge in [-0.1, -0.05) is 6.92 Å². The first-order valence-corrected chi connectivity index (χ1v) is 4.63. The van der Waals surface area contributed by atoms with E-state index in [1.165, 1.54) is 19.4 Å². The summed E-state index contributed by atoms with van der Waals surface area (Å²) in [5, 5.41) is 3.76. The summed E-state index contributed by atoms with van der Waals surface area (Å²) in [4.78, 5) is 0. The molecule has 1 nitrogen and oxygen atoms in total. The van der Waals surface area contributed by atoms with E-state index in [2.05, 4.69) is 12.2 Å². The van der Waals surface area contributed by atoms with E-state index in [1.54, 1.807) is 0 Å². The molecule has 1 saturated heterocycles. The van der Waals surface area contributed by atoms with Crippen LogP contribution < -0.4 is 5.32 Å². The quantitative estimate of drug-likeness (QED) is 0.611. The fourth-order valence-electron chi connectivity index (χ4n) is 1.52. The van der Waals surface area contributed by atoms with Gasteiger partial charge >= 0.3 is 0 Å². The van der Waals surface area contributed by atoms with Crippen LogP contribution in [0.25, 0.3) is 0 Å². The zero-order chi connectivity index (χ0) is 7.40. The average Bonchev–Trinajstić information content (AvgIpc) is 2.05. The Balaban J connectivity index is 2.24. The monoisotopic (exact) mass is 161 g/mol. The van der Waals surface area contributed by atoms with Crippen molar-refractivity contribution in [1.29, 1.82) is 0 Å². The van der Waals surface area contributed by atoms with Gasteiger partial charge in [0.15, 0.2) is 0 Å². The fourth-order valence-corrected chi connectivity index (χ4v) is 1.74. The summed E-state index contributed by atoms with van der Waals surface area (Å²) in [7, 11) is 0. The fraction of sp³-hybridized carbons (Fsp3) is 1.00. The first-order chi connectivity index (χ1) is 4.84. The standard InChI is InChI=1S/C8H16ClN/c1-2-8(9)7-4-3-5-10-6-7/h7-8,10H,2-6H2,1H3. The zero-order valence-corrected chi connectivity index (χ0v) is 7.32. The summed E-state index contributed by atoms with van der Waals surface area (Å²) in [6.45, 7) is 4.47. The van der Waals surface area contributed by atoms with Crippen LogP contribution in [0.1, 0.15) is 26.2 Å². The molecule has 0 amide bonds. The van der Waals surface area contributed by atoms with Gasteiger partial charge in [-0.15, -0.1) is 11.6 Å². The van der Waals surface area contributed by atoms with E-state index in [0.717, 1.165) is 18.9 Å². The maximum Gasteiger partial charge on any atom is 0.0373 e. The van der Waals surface area contributed by atoms with Gasteiger partial charge in [0, 0.05) is 5.38 Å². The molecule has 0 aromatic rings. The smallest absolute Gasteiger partial charge is 0.0373 e. The highest BCUT2D eigenvalue weighted by Gasteiger charge is 2.19. The minimum atomic E-state index is 0.396. The van der Waals surface area contributed by atoms with E-state index in [1.807, 2.05) is 0 Å². The number of piperidine rings is 1. The Morgan fingerprint density at radius 2 is 2.50 bits per heavy atom. The molecule has 0 bridgehead atoms. The van der Waals surface area contributed by atoms with E-state index in [0.29, 0.717) is 5.38 Å². The maximum atomic E-state index is 6.10. The van der Waals surface area contributed by atoms with Gasteiger partial charge in [0.05, 0.1) is 0 Å². The molecule has 0 saturated carbocycles. The number of nitrogens with one attached hydrogen (secondary N) is 1. The molecule has 60 valence electrons. The van der Waals surface area contributed by atoms with Gasteiger partial charge in [-0.05, 0) is 38.3 Å². The van der Waals surface area contributed by atoms with Gasteiger partial charge in [0.1, 0.15) is 0 Å². The summed E-state index contributed by atoms with van der Waals surface area (Å²) in [5.74, 6) is 0.723. The molecule has 1 heterocycles. The van der Waals surface area contributed by atoms with Gasteiger partial charge in [-0.3, -0.25) is 0 Å². The lowest BCUT2D eigenvalue weighted by molar-refractivity contribution is 0.360. The zero-order valence-electron chi connectivity index (χ0n) is 6.57. The Hall–Kier alpha value is 0.250. The molecule has 2 atom stereocenters. The van der Waals surface area contributed by atoms with E-state index in [-0.39, 0.29) is 0 Å². The molecular formula is C8H16ClN. The minimum Gasteiger partial charge on any atom is -0.316 e. The van der Waals surface area contributed by atoms with Crippen LogP contribution in [0.15, 0.2) is 0 Å². The third-order valence-electron chi connectivity index (χ3n) is 2.24. The van der Waals surface area contributed by atoms with Crippen molar-refractivity contribution in [3.05, 3.63) is 0 Å². The highest BCUT2D eigenvalue weighted by molar-refractivity contribution is 6.20. The third-order valence-corrected chi connectivity index (χ3v) is 2.90. The first kappa shape index (κ1) is 8.35. The van der Waals surface area contributed by atoms with Crippen molar-refractivity contribution in [1.82, 2.24) is 5.32 Å². The molecule has 0 aromatic carbocycles. The molecule has 1 N–H and O–H groups in total. The Morgan fingerprint density at radius 3 is 3.00 bits per heavy atom. The maximum absolute atomic E-state index is 6.10. The summed E-state index contributed by atoms with van der Waals surface area (Å²) in [5.41, 5.74) is 0. The second-order valence-electron chi connectivity index (χ2n) is 3.03. The number of hydrogen-bond acceptors (Lipinski definition) is 1. The highest BCUT2D eigenvalue weighted by Crippen LogP contribution is 2.20. The molecule has 0 spiro atoms. The van der Waals surface area contributed by atoms with Crippen molar-refractivity contribution in [2.24, 2.45) is 5.92 Å². The van der Waals surface area contributed by atoms with Crippen molar-refractivity contribution in [3.8, 4) is 0 Å². The second kappa shape index (κ2) is 4.20. The largest absolute Gasteiger partial charge is 0.316 e. The van der Waals surface area contributed by atoms with Crippen molar-refractivity contribution in [2.75, 3.05) is 13.1 Å². The summed E-state index contributed by atoms with van der Waals surface area (Å²) in [6.07, 6.45) is 3.72. The predicted molar refractivity (Wildman–Crippen MR) is 45.5 cm³/mol. The molecule has 10 heavy (non-hydrogen) atoms. The number of hydrogen-bond donors (Lipinski definition) is 1. The molecule has 1 aliphatic heterocycles. The van der Waals surface area contributed by atoms with Crippen LogP contribution in [0.4, 0.5) is 0 Å². The van der Waals surface area contributed by atoms with Crippen molar-refractivity contribution in [3.63, 3.8) is 0 Å². The average molecular weight is 162 g/mol. The third kappa shape index (κ3) is 2.14. The van der Waals surface area contributed by atoms with E-state index in [9.17, 15) is 0 Å². The van der Waals surface area contributed by atoms with Crippen LogP contribution in [0.3, 0.4) is 0 Å². The minimum absolute atomic E-state index is 0.396. The van der Waals surface area contributed by atoms with Crippen molar-refractivity contribution >= 4 is 11.6 Å². The van der Waals surface area contributed by atoms with Crippen LogP contribution in [0, 0.1) is 5.92 Å². The molecule has 1 fully saturated rings. The van der Waals surface area contributed by atoms with Crippen molar-refractivity contribution in [2.45, 2.75) is 31.6 Å². The Labute approximate surface area is 68.1 Å². The van der Waals surface area contributed by atoms with Crippen LogP contribution in [-0.2, 0) is 0 Å². The molecule has 0 radical (unpaired) electrons. The molecule has 0 aromatic heterocycles.